The lowest BCUT2D eigenvalue weighted by atomic mass is 10.1. The molecule has 4 heterocycles. The van der Waals surface area contributed by atoms with E-state index in [9.17, 15) is 18.0 Å². The van der Waals surface area contributed by atoms with Gasteiger partial charge in [-0.05, 0) is 26.0 Å². The standard InChI is InChI=1S/C19H16F3N5O2/c1-10(2)29-16-5-11(3-4-23-16)14-6-15-12(7-24-14)17-13(8-25-26-17)18(28)27(15)9-19(20,21)22/h3-8,10H,9H2,1-2H3,(H,25,26). The van der Waals surface area contributed by atoms with Crippen LogP contribution in [0, 0.1) is 0 Å². The second-order valence-corrected chi connectivity index (χ2v) is 6.80. The third-order valence-electron chi connectivity index (χ3n) is 4.28. The lowest BCUT2D eigenvalue weighted by Gasteiger charge is -2.14. The molecule has 150 valence electrons. The number of ether oxygens (including phenoxy) is 1. The molecule has 0 atom stereocenters. The number of rotatable bonds is 4. The minimum absolute atomic E-state index is 0.0767. The summed E-state index contributed by atoms with van der Waals surface area (Å²) in [6, 6.07) is 4.77. The van der Waals surface area contributed by atoms with Crippen molar-refractivity contribution in [1.82, 2.24) is 24.7 Å². The van der Waals surface area contributed by atoms with Gasteiger partial charge in [0, 0.05) is 29.4 Å². The largest absolute Gasteiger partial charge is 0.475 e. The first kappa shape index (κ1) is 18.9. The molecule has 0 fully saturated rings. The number of aromatic nitrogens is 5. The number of nitrogens with one attached hydrogen (secondary N) is 1. The summed E-state index contributed by atoms with van der Waals surface area (Å²) in [7, 11) is 0. The Hall–Kier alpha value is -3.43. The van der Waals surface area contributed by atoms with Crippen molar-refractivity contribution in [3.63, 3.8) is 0 Å². The summed E-state index contributed by atoms with van der Waals surface area (Å²) in [5, 5.41) is 6.92. The molecule has 0 radical (unpaired) electrons. The Kier molecular flexibility index (Phi) is 4.48. The van der Waals surface area contributed by atoms with Crippen LogP contribution in [0.3, 0.4) is 0 Å². The number of fused-ring (bicyclic) bond motifs is 3. The number of halogens is 3. The van der Waals surface area contributed by atoms with E-state index in [0.717, 1.165) is 0 Å². The zero-order valence-corrected chi connectivity index (χ0v) is 15.5. The molecule has 0 aliphatic heterocycles. The Bertz CT molecular complexity index is 1260. The van der Waals surface area contributed by atoms with E-state index in [4.69, 9.17) is 4.74 Å². The topological polar surface area (TPSA) is 85.7 Å². The number of aromatic amines is 1. The Balaban J connectivity index is 1.94. The van der Waals surface area contributed by atoms with Gasteiger partial charge in [-0.25, -0.2) is 4.98 Å². The lowest BCUT2D eigenvalue weighted by Crippen LogP contribution is -2.28. The Morgan fingerprint density at radius 2 is 1.97 bits per heavy atom. The van der Waals surface area contributed by atoms with Crippen LogP contribution in [0.25, 0.3) is 33.1 Å². The average Bonchev–Trinajstić information content (AvgIpc) is 3.14. The summed E-state index contributed by atoms with van der Waals surface area (Å²) in [6.07, 6.45) is -0.475. The summed E-state index contributed by atoms with van der Waals surface area (Å²) in [5.74, 6) is 0.371. The van der Waals surface area contributed by atoms with E-state index < -0.39 is 18.3 Å². The van der Waals surface area contributed by atoms with Crippen LogP contribution in [0.5, 0.6) is 5.88 Å². The van der Waals surface area contributed by atoms with E-state index in [0.29, 0.717) is 32.6 Å². The molecule has 7 nitrogen and oxygen atoms in total. The van der Waals surface area contributed by atoms with Gasteiger partial charge < -0.3 is 4.74 Å². The van der Waals surface area contributed by atoms with E-state index in [1.807, 2.05) is 13.8 Å². The molecule has 4 aromatic rings. The normalized spacial score (nSPS) is 12.2. The van der Waals surface area contributed by atoms with Crippen molar-refractivity contribution in [1.29, 1.82) is 0 Å². The summed E-state index contributed by atoms with van der Waals surface area (Å²) < 4.78 is 45.7. The second kappa shape index (κ2) is 6.87. The molecule has 0 spiro atoms. The van der Waals surface area contributed by atoms with E-state index >= 15 is 0 Å². The third-order valence-corrected chi connectivity index (χ3v) is 4.28. The molecule has 0 aliphatic carbocycles. The molecule has 0 bridgehead atoms. The van der Waals surface area contributed by atoms with Crippen LogP contribution in [-0.4, -0.2) is 37.0 Å². The monoisotopic (exact) mass is 403 g/mol. The molecule has 1 N–H and O–H groups in total. The highest BCUT2D eigenvalue weighted by Gasteiger charge is 2.30. The van der Waals surface area contributed by atoms with Gasteiger partial charge in [-0.3, -0.25) is 19.4 Å². The Morgan fingerprint density at radius 1 is 1.17 bits per heavy atom. The molecule has 29 heavy (non-hydrogen) atoms. The fraction of sp³-hybridized carbons (Fsp3) is 0.263. The quantitative estimate of drug-likeness (QED) is 0.562. The predicted molar refractivity (Wildman–Crippen MR) is 101 cm³/mol. The maximum Gasteiger partial charge on any atom is 0.406 e. The van der Waals surface area contributed by atoms with Gasteiger partial charge in [0.2, 0.25) is 5.88 Å². The SMILES string of the molecule is CC(C)Oc1cc(-c2cc3c(cn2)c2[nH]ncc2c(=O)n3CC(F)(F)F)ccn1. The van der Waals surface area contributed by atoms with Crippen LogP contribution < -0.4 is 10.3 Å². The van der Waals surface area contributed by atoms with E-state index in [1.165, 1.54) is 24.7 Å². The van der Waals surface area contributed by atoms with Gasteiger partial charge in [0.05, 0.1) is 34.4 Å². The molecule has 0 aromatic carbocycles. The van der Waals surface area contributed by atoms with Crippen molar-refractivity contribution in [3.8, 4) is 17.1 Å². The average molecular weight is 403 g/mol. The van der Waals surface area contributed by atoms with Gasteiger partial charge >= 0.3 is 6.18 Å². The number of nitrogens with zero attached hydrogens (tertiary/aromatic N) is 4. The van der Waals surface area contributed by atoms with Crippen molar-refractivity contribution in [2.45, 2.75) is 32.7 Å². The predicted octanol–water partition coefficient (Wildman–Crippen LogP) is 3.68. The van der Waals surface area contributed by atoms with E-state index in [1.54, 1.807) is 12.1 Å². The number of hydrogen-bond donors (Lipinski definition) is 1. The van der Waals surface area contributed by atoms with Gasteiger partial charge in [0.25, 0.3) is 5.56 Å². The Labute approximate surface area is 162 Å². The minimum Gasteiger partial charge on any atom is -0.475 e. The minimum atomic E-state index is -4.56. The van der Waals surface area contributed by atoms with Gasteiger partial charge in [-0.2, -0.15) is 18.3 Å². The molecule has 4 aromatic heterocycles. The molecular formula is C19H16F3N5O2. The smallest absolute Gasteiger partial charge is 0.406 e. The van der Waals surface area contributed by atoms with Crippen LogP contribution >= 0.6 is 0 Å². The second-order valence-electron chi connectivity index (χ2n) is 6.80. The van der Waals surface area contributed by atoms with Gasteiger partial charge in [0.1, 0.15) is 6.54 Å². The molecule has 10 heteroatoms. The zero-order valence-electron chi connectivity index (χ0n) is 15.5. The fourth-order valence-corrected chi connectivity index (χ4v) is 3.14. The van der Waals surface area contributed by atoms with Crippen LogP contribution in [0.4, 0.5) is 13.2 Å². The molecule has 0 aliphatic rings. The maximum atomic E-state index is 13.1. The van der Waals surface area contributed by atoms with Crippen LogP contribution in [0.2, 0.25) is 0 Å². The first-order valence-corrected chi connectivity index (χ1v) is 8.78. The number of pyridine rings is 3. The number of alkyl halides is 3. The third kappa shape index (κ3) is 3.65. The molecule has 0 amide bonds. The van der Waals surface area contributed by atoms with Crippen molar-refractivity contribution < 1.29 is 17.9 Å². The van der Waals surface area contributed by atoms with E-state index in [-0.39, 0.29) is 17.0 Å². The highest BCUT2D eigenvalue weighted by molar-refractivity contribution is 6.03. The first-order chi connectivity index (χ1) is 13.7. The first-order valence-electron chi connectivity index (χ1n) is 8.78. The van der Waals surface area contributed by atoms with E-state index in [2.05, 4.69) is 20.2 Å². The van der Waals surface area contributed by atoms with Gasteiger partial charge in [-0.1, -0.05) is 0 Å². The summed E-state index contributed by atoms with van der Waals surface area (Å²) >= 11 is 0. The van der Waals surface area contributed by atoms with Crippen LogP contribution in [0.1, 0.15) is 13.8 Å². The van der Waals surface area contributed by atoms with Crippen molar-refractivity contribution in [2.75, 3.05) is 0 Å². The molecule has 0 saturated heterocycles. The van der Waals surface area contributed by atoms with Gasteiger partial charge in [0.15, 0.2) is 0 Å². The zero-order chi connectivity index (χ0) is 20.8. The molecule has 0 unspecified atom stereocenters. The van der Waals surface area contributed by atoms with Crippen molar-refractivity contribution in [3.05, 3.63) is 47.1 Å². The Morgan fingerprint density at radius 3 is 2.69 bits per heavy atom. The molecular weight excluding hydrogens is 387 g/mol. The highest BCUT2D eigenvalue weighted by atomic mass is 19.4. The summed E-state index contributed by atoms with van der Waals surface area (Å²) in [6.45, 7) is 2.30. The maximum absolute atomic E-state index is 13.1. The molecule has 4 rings (SSSR count). The van der Waals surface area contributed by atoms with Crippen LogP contribution in [0.15, 0.2) is 41.6 Å². The molecule has 0 saturated carbocycles. The fourth-order valence-electron chi connectivity index (χ4n) is 3.14. The number of hydrogen-bond acceptors (Lipinski definition) is 5. The van der Waals surface area contributed by atoms with Crippen LogP contribution in [-0.2, 0) is 6.54 Å². The lowest BCUT2D eigenvalue weighted by molar-refractivity contribution is -0.140. The highest BCUT2D eigenvalue weighted by Crippen LogP contribution is 2.28. The van der Waals surface area contributed by atoms with Crippen molar-refractivity contribution >= 4 is 21.8 Å². The number of H-pyrrole nitrogens is 1. The summed E-state index contributed by atoms with van der Waals surface area (Å²) in [4.78, 5) is 21.1. The van der Waals surface area contributed by atoms with Gasteiger partial charge in [-0.15, -0.1) is 0 Å². The summed E-state index contributed by atoms with van der Waals surface area (Å²) in [5.41, 5.74) is 0.684. The van der Waals surface area contributed by atoms with Crippen molar-refractivity contribution in [2.24, 2.45) is 0 Å².